The molecule has 0 spiro atoms. The first kappa shape index (κ1) is 15.6. The molecule has 5 heteroatoms. The summed E-state index contributed by atoms with van der Waals surface area (Å²) < 4.78 is 15.4. The lowest BCUT2D eigenvalue weighted by Crippen LogP contribution is -2.41. The molecule has 0 radical (unpaired) electrons. The first-order valence-electron chi connectivity index (χ1n) is 8.23. The van der Waals surface area contributed by atoms with Gasteiger partial charge in [-0.2, -0.15) is 0 Å². The number of benzene rings is 2. The Labute approximate surface area is 145 Å². The van der Waals surface area contributed by atoms with Crippen LogP contribution in [0, 0.1) is 5.82 Å². The number of halogens is 2. The summed E-state index contributed by atoms with van der Waals surface area (Å²) in [5.41, 5.74) is 0.599. The van der Waals surface area contributed by atoms with E-state index < -0.39 is 5.72 Å². The van der Waals surface area contributed by atoms with Gasteiger partial charge in [-0.3, -0.25) is 0 Å². The third kappa shape index (κ3) is 2.50. The SMILES string of the molecule is OC1(c2ccc(F)cc2)CN(c2ccc(Cl)cc2)C2=[N+]1CCCC2. The van der Waals surface area contributed by atoms with Gasteiger partial charge in [0.1, 0.15) is 11.5 Å². The Morgan fingerprint density at radius 3 is 2.46 bits per heavy atom. The summed E-state index contributed by atoms with van der Waals surface area (Å²) in [4.78, 5) is 2.15. The molecule has 0 amide bonds. The van der Waals surface area contributed by atoms with Crippen LogP contribution in [0.4, 0.5) is 10.1 Å². The fourth-order valence-corrected chi connectivity index (χ4v) is 3.84. The van der Waals surface area contributed by atoms with Gasteiger partial charge in [-0.1, -0.05) is 11.6 Å². The van der Waals surface area contributed by atoms with Crippen LogP contribution in [0.25, 0.3) is 0 Å². The topological polar surface area (TPSA) is 26.5 Å². The van der Waals surface area contributed by atoms with Crippen molar-refractivity contribution in [3.8, 4) is 0 Å². The Hall–Kier alpha value is -1.91. The summed E-state index contributed by atoms with van der Waals surface area (Å²) in [7, 11) is 0. The highest BCUT2D eigenvalue weighted by atomic mass is 35.5. The standard InChI is InChI=1S/C19H19ClFN2O/c20-15-6-10-17(11-7-15)22-13-19(24,14-4-8-16(21)9-5-14)23-12-2-1-3-18(22)23/h4-11,24H,1-3,12-13H2/q+1. The molecule has 0 saturated heterocycles. The summed E-state index contributed by atoms with van der Waals surface area (Å²) >= 11 is 6.00. The van der Waals surface area contributed by atoms with Crippen LogP contribution in [0.5, 0.6) is 0 Å². The van der Waals surface area contributed by atoms with Crippen molar-refractivity contribution < 1.29 is 14.1 Å². The molecule has 0 saturated carbocycles. The fraction of sp³-hybridized carbons (Fsp3) is 0.316. The number of hydrogen-bond acceptors (Lipinski definition) is 2. The van der Waals surface area contributed by atoms with E-state index in [9.17, 15) is 9.50 Å². The number of aliphatic hydroxyl groups is 1. The van der Waals surface area contributed by atoms with E-state index in [1.165, 1.54) is 12.1 Å². The second-order valence-electron chi connectivity index (χ2n) is 6.41. The minimum atomic E-state index is -1.14. The molecule has 3 nitrogen and oxygen atoms in total. The second-order valence-corrected chi connectivity index (χ2v) is 6.85. The summed E-state index contributed by atoms with van der Waals surface area (Å²) in [5.74, 6) is 0.827. The van der Waals surface area contributed by atoms with Crippen molar-refractivity contribution in [1.29, 1.82) is 0 Å². The lowest BCUT2D eigenvalue weighted by Gasteiger charge is -2.24. The number of hydrogen-bond donors (Lipinski definition) is 1. The van der Waals surface area contributed by atoms with Crippen molar-refractivity contribution in [2.45, 2.75) is 25.0 Å². The van der Waals surface area contributed by atoms with Crippen molar-refractivity contribution in [2.75, 3.05) is 18.0 Å². The van der Waals surface area contributed by atoms with Gasteiger partial charge in [0.05, 0.1) is 6.54 Å². The van der Waals surface area contributed by atoms with E-state index in [-0.39, 0.29) is 5.82 Å². The first-order chi connectivity index (χ1) is 11.6. The normalized spacial score (nSPS) is 23.5. The van der Waals surface area contributed by atoms with Gasteiger partial charge in [-0.15, -0.1) is 0 Å². The second kappa shape index (κ2) is 5.87. The van der Waals surface area contributed by atoms with Gasteiger partial charge in [0.15, 0.2) is 6.54 Å². The van der Waals surface area contributed by atoms with Gasteiger partial charge in [0, 0.05) is 17.0 Å². The smallest absolute Gasteiger partial charge is 0.271 e. The molecule has 1 atom stereocenters. The molecule has 2 heterocycles. The number of amidine groups is 1. The van der Waals surface area contributed by atoms with Crippen LogP contribution in [-0.2, 0) is 5.72 Å². The Morgan fingerprint density at radius 2 is 1.75 bits per heavy atom. The predicted octanol–water partition coefficient (Wildman–Crippen LogP) is 3.74. The molecule has 0 aromatic heterocycles. The van der Waals surface area contributed by atoms with E-state index >= 15 is 0 Å². The lowest BCUT2D eigenvalue weighted by atomic mass is 10.0. The van der Waals surface area contributed by atoms with Gasteiger partial charge in [-0.05, 0) is 61.4 Å². The van der Waals surface area contributed by atoms with E-state index in [0.717, 1.165) is 42.9 Å². The monoisotopic (exact) mass is 345 g/mol. The summed E-state index contributed by atoms with van der Waals surface area (Å²) in [6.45, 7) is 1.23. The van der Waals surface area contributed by atoms with Gasteiger partial charge < -0.3 is 5.11 Å². The van der Waals surface area contributed by atoms with Crippen LogP contribution in [-0.4, -0.2) is 28.6 Å². The lowest BCUT2D eigenvalue weighted by molar-refractivity contribution is -0.661. The van der Waals surface area contributed by atoms with Gasteiger partial charge in [-0.25, -0.2) is 13.9 Å². The fourth-order valence-electron chi connectivity index (χ4n) is 3.72. The maximum Gasteiger partial charge on any atom is 0.271 e. The minimum Gasteiger partial charge on any atom is -0.346 e. The van der Waals surface area contributed by atoms with E-state index in [4.69, 9.17) is 11.6 Å². The molecule has 0 aliphatic carbocycles. The van der Waals surface area contributed by atoms with E-state index in [2.05, 4.69) is 9.48 Å². The zero-order chi connectivity index (χ0) is 16.7. The highest BCUT2D eigenvalue weighted by Crippen LogP contribution is 2.36. The predicted molar refractivity (Wildman–Crippen MR) is 93.1 cm³/mol. The average Bonchev–Trinajstić information content (AvgIpc) is 2.91. The molecule has 124 valence electrons. The molecule has 0 fully saturated rings. The van der Waals surface area contributed by atoms with Crippen LogP contribution in [0.15, 0.2) is 48.5 Å². The molecular weight excluding hydrogens is 327 g/mol. The maximum atomic E-state index is 13.3. The average molecular weight is 346 g/mol. The minimum absolute atomic E-state index is 0.294. The van der Waals surface area contributed by atoms with Crippen molar-refractivity contribution >= 4 is 23.1 Å². The van der Waals surface area contributed by atoms with Crippen LogP contribution < -0.4 is 4.90 Å². The number of anilines is 1. The van der Waals surface area contributed by atoms with Crippen molar-refractivity contribution in [3.05, 3.63) is 64.9 Å². The quantitative estimate of drug-likeness (QED) is 0.839. The summed E-state index contributed by atoms with van der Waals surface area (Å²) in [5, 5.41) is 12.1. The van der Waals surface area contributed by atoms with Gasteiger partial charge >= 0.3 is 0 Å². The van der Waals surface area contributed by atoms with Crippen molar-refractivity contribution in [2.24, 2.45) is 0 Å². The first-order valence-corrected chi connectivity index (χ1v) is 8.61. The molecule has 2 aromatic rings. The largest absolute Gasteiger partial charge is 0.346 e. The van der Waals surface area contributed by atoms with Gasteiger partial charge in [0.2, 0.25) is 0 Å². The molecule has 1 unspecified atom stereocenters. The molecule has 4 rings (SSSR count). The highest BCUT2D eigenvalue weighted by molar-refractivity contribution is 6.30. The number of nitrogens with zero attached hydrogens (tertiary/aromatic N) is 2. The van der Waals surface area contributed by atoms with E-state index in [0.29, 0.717) is 11.6 Å². The van der Waals surface area contributed by atoms with E-state index in [1.54, 1.807) is 12.1 Å². The molecule has 1 N–H and O–H groups in total. The molecule has 2 aliphatic heterocycles. The molecule has 24 heavy (non-hydrogen) atoms. The third-order valence-corrected chi connectivity index (χ3v) is 5.18. The van der Waals surface area contributed by atoms with Crippen LogP contribution >= 0.6 is 11.6 Å². The van der Waals surface area contributed by atoms with Crippen LogP contribution in [0.3, 0.4) is 0 Å². The number of β-amino-alcohol motifs (C(OH)–C–C–N with tert-alkyl or cyclic N) is 1. The van der Waals surface area contributed by atoms with E-state index in [1.807, 2.05) is 24.3 Å². The molecular formula is C19H19ClFN2O+. The number of rotatable bonds is 2. The molecule has 0 bridgehead atoms. The summed E-state index contributed by atoms with van der Waals surface area (Å²) in [6, 6.07) is 13.8. The van der Waals surface area contributed by atoms with Crippen LogP contribution in [0.2, 0.25) is 5.02 Å². The Bertz CT molecular complexity index is 788. The molecule has 2 aliphatic rings. The van der Waals surface area contributed by atoms with Crippen molar-refractivity contribution in [3.63, 3.8) is 0 Å². The molecule has 2 aromatic carbocycles. The highest BCUT2D eigenvalue weighted by Gasteiger charge is 2.52. The van der Waals surface area contributed by atoms with Crippen molar-refractivity contribution in [1.82, 2.24) is 0 Å². The Morgan fingerprint density at radius 1 is 1.04 bits per heavy atom. The summed E-state index contributed by atoms with van der Waals surface area (Å²) in [6.07, 6.45) is 3.07. The Kier molecular flexibility index (Phi) is 3.82. The maximum absolute atomic E-state index is 13.3. The third-order valence-electron chi connectivity index (χ3n) is 4.93. The zero-order valence-corrected chi connectivity index (χ0v) is 14.0. The zero-order valence-electron chi connectivity index (χ0n) is 13.3. The van der Waals surface area contributed by atoms with Crippen LogP contribution in [0.1, 0.15) is 24.8 Å². The Balaban J connectivity index is 1.78. The van der Waals surface area contributed by atoms with Gasteiger partial charge in [0.25, 0.3) is 11.6 Å².